The van der Waals surface area contributed by atoms with Gasteiger partial charge in [-0.05, 0) is 37.5 Å². The van der Waals surface area contributed by atoms with Crippen LogP contribution in [0.5, 0.6) is 0 Å². The van der Waals surface area contributed by atoms with Gasteiger partial charge in [-0.25, -0.2) is 4.79 Å². The number of carbonyl (C=O) groups excluding carboxylic acids is 1. The summed E-state index contributed by atoms with van der Waals surface area (Å²) < 4.78 is 5.73. The normalized spacial score (nSPS) is 14.0. The lowest BCUT2D eigenvalue weighted by Crippen LogP contribution is -2.49. The van der Waals surface area contributed by atoms with E-state index in [1.807, 2.05) is 24.3 Å². The number of hydrogen-bond donors (Lipinski definition) is 2. The molecule has 18 heavy (non-hydrogen) atoms. The van der Waals surface area contributed by atoms with E-state index in [0.29, 0.717) is 6.42 Å². The van der Waals surface area contributed by atoms with E-state index in [0.717, 1.165) is 16.5 Å². The Morgan fingerprint density at radius 2 is 2.06 bits per heavy atom. The summed E-state index contributed by atoms with van der Waals surface area (Å²) in [4.78, 5) is 11.3. The first kappa shape index (κ1) is 15.1. The lowest BCUT2D eigenvalue weighted by molar-refractivity contribution is -0.165. The zero-order valence-corrected chi connectivity index (χ0v) is 11.9. The van der Waals surface area contributed by atoms with Crippen LogP contribution in [0.2, 0.25) is 0 Å². The number of carbonyl (C=O) groups is 1. The molecule has 0 spiro atoms. The Bertz CT molecular complexity index is 390. The third-order valence-electron chi connectivity index (χ3n) is 2.57. The van der Waals surface area contributed by atoms with E-state index in [1.54, 1.807) is 6.92 Å². The molecule has 0 aliphatic heterocycles. The molecule has 1 aromatic rings. The highest BCUT2D eigenvalue weighted by atomic mass is 79.9. The van der Waals surface area contributed by atoms with Crippen molar-refractivity contribution in [3.63, 3.8) is 0 Å². The number of aryl methyl sites for hydroxylation is 1. The Hall–Kier alpha value is -0.910. The Morgan fingerprint density at radius 1 is 1.44 bits per heavy atom. The summed E-state index contributed by atoms with van der Waals surface area (Å²) in [5.41, 5.74) is 4.76. The molecule has 100 valence electrons. The quantitative estimate of drug-likeness (QED) is 0.622. The van der Waals surface area contributed by atoms with E-state index in [4.69, 9.17) is 10.5 Å². The first-order valence-corrected chi connectivity index (χ1v) is 6.68. The molecule has 0 aromatic heterocycles. The van der Waals surface area contributed by atoms with Crippen molar-refractivity contribution in [2.75, 3.05) is 6.61 Å². The largest absolute Gasteiger partial charge is 0.463 e. The SMILES string of the molecule is CCOC(=O)[C@](N)(O)CCCc1ccc(Br)cc1. The average molecular weight is 316 g/mol. The molecule has 0 aliphatic rings. The van der Waals surface area contributed by atoms with Crippen LogP contribution in [0.15, 0.2) is 28.7 Å². The van der Waals surface area contributed by atoms with Crippen molar-refractivity contribution in [1.29, 1.82) is 0 Å². The highest BCUT2D eigenvalue weighted by Gasteiger charge is 2.31. The molecule has 0 radical (unpaired) electrons. The summed E-state index contributed by atoms with van der Waals surface area (Å²) >= 11 is 3.36. The first-order chi connectivity index (χ1) is 8.45. The molecule has 0 saturated carbocycles. The molecule has 0 unspecified atom stereocenters. The third kappa shape index (κ3) is 4.76. The second-order valence-electron chi connectivity index (χ2n) is 4.12. The van der Waals surface area contributed by atoms with Gasteiger partial charge in [-0.15, -0.1) is 0 Å². The molecule has 5 heteroatoms. The Kier molecular flexibility index (Phi) is 5.78. The number of esters is 1. The zero-order valence-electron chi connectivity index (χ0n) is 10.4. The minimum atomic E-state index is -1.88. The van der Waals surface area contributed by atoms with E-state index in [2.05, 4.69) is 15.9 Å². The Balaban J connectivity index is 2.41. The maximum Gasteiger partial charge on any atom is 0.353 e. The summed E-state index contributed by atoms with van der Waals surface area (Å²) in [7, 11) is 0. The van der Waals surface area contributed by atoms with Crippen molar-refractivity contribution >= 4 is 21.9 Å². The molecular formula is C13H18BrNO3. The third-order valence-corrected chi connectivity index (χ3v) is 3.09. The van der Waals surface area contributed by atoms with E-state index < -0.39 is 11.7 Å². The maximum atomic E-state index is 11.3. The van der Waals surface area contributed by atoms with Gasteiger partial charge >= 0.3 is 5.97 Å². The van der Waals surface area contributed by atoms with E-state index in [1.165, 1.54) is 0 Å². The molecule has 3 N–H and O–H groups in total. The van der Waals surface area contributed by atoms with Gasteiger partial charge in [-0.2, -0.15) is 0 Å². The second kappa shape index (κ2) is 6.87. The van der Waals surface area contributed by atoms with Crippen molar-refractivity contribution in [3.05, 3.63) is 34.3 Å². The molecule has 0 heterocycles. The van der Waals surface area contributed by atoms with Crippen LogP contribution in [0.25, 0.3) is 0 Å². The van der Waals surface area contributed by atoms with Crippen molar-refractivity contribution in [2.24, 2.45) is 5.73 Å². The van der Waals surface area contributed by atoms with Gasteiger partial charge in [0.15, 0.2) is 0 Å². The van der Waals surface area contributed by atoms with E-state index in [9.17, 15) is 9.90 Å². The van der Waals surface area contributed by atoms with Crippen LogP contribution < -0.4 is 5.73 Å². The minimum absolute atomic E-state index is 0.182. The van der Waals surface area contributed by atoms with Gasteiger partial charge in [-0.1, -0.05) is 28.1 Å². The minimum Gasteiger partial charge on any atom is -0.463 e. The number of rotatable bonds is 6. The average Bonchev–Trinajstić information content (AvgIpc) is 2.32. The van der Waals surface area contributed by atoms with Crippen molar-refractivity contribution in [2.45, 2.75) is 31.9 Å². The fraction of sp³-hybridized carbons (Fsp3) is 0.462. The fourth-order valence-electron chi connectivity index (χ4n) is 1.57. The summed E-state index contributed by atoms with van der Waals surface area (Å²) in [6.45, 7) is 1.89. The van der Waals surface area contributed by atoms with Crippen LogP contribution in [0.3, 0.4) is 0 Å². The molecule has 0 saturated heterocycles. The van der Waals surface area contributed by atoms with Crippen LogP contribution in [0.4, 0.5) is 0 Å². The molecule has 0 fully saturated rings. The highest BCUT2D eigenvalue weighted by molar-refractivity contribution is 9.10. The van der Waals surface area contributed by atoms with Gasteiger partial charge < -0.3 is 9.84 Å². The van der Waals surface area contributed by atoms with Gasteiger partial charge in [-0.3, -0.25) is 5.73 Å². The fourth-order valence-corrected chi connectivity index (χ4v) is 1.84. The molecule has 0 amide bonds. The smallest absolute Gasteiger partial charge is 0.353 e. The van der Waals surface area contributed by atoms with Crippen molar-refractivity contribution in [1.82, 2.24) is 0 Å². The molecule has 0 aliphatic carbocycles. The van der Waals surface area contributed by atoms with Gasteiger partial charge in [0.2, 0.25) is 5.72 Å². The van der Waals surface area contributed by atoms with Gasteiger partial charge in [0, 0.05) is 10.9 Å². The molecule has 0 bridgehead atoms. The van der Waals surface area contributed by atoms with Crippen LogP contribution in [0.1, 0.15) is 25.3 Å². The number of nitrogens with two attached hydrogens (primary N) is 1. The zero-order chi connectivity index (χ0) is 13.6. The molecule has 1 atom stereocenters. The van der Waals surface area contributed by atoms with Gasteiger partial charge in [0.25, 0.3) is 0 Å². The van der Waals surface area contributed by atoms with Crippen LogP contribution in [0, 0.1) is 0 Å². The predicted molar refractivity (Wildman–Crippen MR) is 72.9 cm³/mol. The lowest BCUT2D eigenvalue weighted by atomic mass is 10.0. The lowest BCUT2D eigenvalue weighted by Gasteiger charge is -2.20. The standard InChI is InChI=1S/C13H18BrNO3/c1-2-18-12(16)13(15,17)9-3-4-10-5-7-11(14)8-6-10/h5-8,17H,2-4,9,15H2,1H3/t13-/m1/s1. The molecular weight excluding hydrogens is 298 g/mol. The van der Waals surface area contributed by atoms with Crippen LogP contribution >= 0.6 is 15.9 Å². The van der Waals surface area contributed by atoms with Crippen LogP contribution in [-0.2, 0) is 16.0 Å². The molecule has 4 nitrogen and oxygen atoms in total. The molecule has 1 aromatic carbocycles. The Labute approximate surface area is 115 Å². The molecule has 1 rings (SSSR count). The second-order valence-corrected chi connectivity index (χ2v) is 5.04. The summed E-state index contributed by atoms with van der Waals surface area (Å²) in [6.07, 6.45) is 1.56. The van der Waals surface area contributed by atoms with Crippen LogP contribution in [-0.4, -0.2) is 23.4 Å². The van der Waals surface area contributed by atoms with Crippen molar-refractivity contribution in [3.8, 4) is 0 Å². The topological polar surface area (TPSA) is 72.5 Å². The summed E-state index contributed by atoms with van der Waals surface area (Å²) in [5, 5.41) is 9.73. The number of ether oxygens (including phenoxy) is 1. The van der Waals surface area contributed by atoms with Crippen molar-refractivity contribution < 1.29 is 14.6 Å². The van der Waals surface area contributed by atoms with Gasteiger partial charge in [0.05, 0.1) is 6.61 Å². The van der Waals surface area contributed by atoms with E-state index in [-0.39, 0.29) is 13.0 Å². The number of hydrogen-bond acceptors (Lipinski definition) is 4. The number of benzene rings is 1. The first-order valence-electron chi connectivity index (χ1n) is 5.88. The Morgan fingerprint density at radius 3 is 2.61 bits per heavy atom. The summed E-state index contributed by atoms with van der Waals surface area (Å²) in [5.74, 6) is -0.763. The number of halogens is 1. The van der Waals surface area contributed by atoms with Gasteiger partial charge in [0.1, 0.15) is 0 Å². The predicted octanol–water partition coefficient (Wildman–Crippen LogP) is 1.98. The monoisotopic (exact) mass is 315 g/mol. The number of aliphatic hydroxyl groups is 1. The van der Waals surface area contributed by atoms with E-state index >= 15 is 0 Å². The summed E-state index contributed by atoms with van der Waals surface area (Å²) in [6, 6.07) is 7.89. The maximum absolute atomic E-state index is 11.3. The highest BCUT2D eigenvalue weighted by Crippen LogP contribution is 2.15.